The molecule has 0 aromatic heterocycles. The summed E-state index contributed by atoms with van der Waals surface area (Å²) in [5, 5.41) is 3.04. The molecule has 2 aliphatic rings. The Bertz CT molecular complexity index is 220. The van der Waals surface area contributed by atoms with Crippen LogP contribution in [0.4, 0.5) is 0 Å². The molecule has 0 aromatic rings. The third kappa shape index (κ3) is 3.49. The van der Waals surface area contributed by atoms with E-state index in [-0.39, 0.29) is 11.9 Å². The highest BCUT2D eigenvalue weighted by atomic mass is 16.1. The van der Waals surface area contributed by atoms with Gasteiger partial charge in [-0.1, -0.05) is 0 Å². The SMILES string of the molecule is CC(N)CC(=O)NCC(C1CC1)C1CC1. The molecule has 0 heterocycles. The lowest BCUT2D eigenvalue weighted by atomic mass is 9.98. The molecule has 2 rings (SSSR count). The number of nitrogens with two attached hydrogens (primary N) is 1. The van der Waals surface area contributed by atoms with Gasteiger partial charge in [0.2, 0.25) is 5.91 Å². The summed E-state index contributed by atoms with van der Waals surface area (Å²) in [7, 11) is 0. The molecule has 0 saturated heterocycles. The van der Waals surface area contributed by atoms with E-state index in [1.54, 1.807) is 0 Å². The van der Waals surface area contributed by atoms with Gasteiger partial charge in [-0.3, -0.25) is 4.79 Å². The second-order valence-corrected chi connectivity index (χ2v) is 5.32. The highest BCUT2D eigenvalue weighted by Gasteiger charge is 2.41. The molecule has 86 valence electrons. The van der Waals surface area contributed by atoms with Gasteiger partial charge in [-0.15, -0.1) is 0 Å². The molecule has 1 atom stereocenters. The van der Waals surface area contributed by atoms with Crippen molar-refractivity contribution >= 4 is 5.91 Å². The van der Waals surface area contributed by atoms with E-state index in [9.17, 15) is 4.79 Å². The summed E-state index contributed by atoms with van der Waals surface area (Å²) < 4.78 is 0. The van der Waals surface area contributed by atoms with Crippen molar-refractivity contribution in [1.82, 2.24) is 5.32 Å². The first-order valence-corrected chi connectivity index (χ1v) is 6.19. The summed E-state index contributed by atoms with van der Waals surface area (Å²) in [4.78, 5) is 11.5. The number of carbonyl (C=O) groups excluding carboxylic acids is 1. The standard InChI is InChI=1S/C12H22N2O/c1-8(13)6-12(15)14-7-11(9-2-3-9)10-4-5-10/h8-11H,2-7,13H2,1H3,(H,14,15). The van der Waals surface area contributed by atoms with Crippen molar-refractivity contribution in [3.63, 3.8) is 0 Å². The monoisotopic (exact) mass is 210 g/mol. The minimum Gasteiger partial charge on any atom is -0.356 e. The van der Waals surface area contributed by atoms with Crippen molar-refractivity contribution in [2.24, 2.45) is 23.5 Å². The van der Waals surface area contributed by atoms with E-state index in [1.807, 2.05) is 6.92 Å². The summed E-state index contributed by atoms with van der Waals surface area (Å²) in [5.74, 6) is 2.71. The molecule has 0 aromatic carbocycles. The normalized spacial score (nSPS) is 22.9. The summed E-state index contributed by atoms with van der Waals surface area (Å²) >= 11 is 0. The first kappa shape index (κ1) is 10.9. The number of carbonyl (C=O) groups is 1. The molecule has 0 aliphatic heterocycles. The van der Waals surface area contributed by atoms with Crippen LogP contribution in [0.15, 0.2) is 0 Å². The Hall–Kier alpha value is -0.570. The van der Waals surface area contributed by atoms with E-state index in [2.05, 4.69) is 5.32 Å². The third-order valence-corrected chi connectivity index (χ3v) is 3.50. The van der Waals surface area contributed by atoms with Crippen LogP contribution >= 0.6 is 0 Å². The first-order valence-electron chi connectivity index (χ1n) is 6.19. The van der Waals surface area contributed by atoms with Gasteiger partial charge >= 0.3 is 0 Å². The maximum atomic E-state index is 11.5. The maximum absolute atomic E-state index is 11.5. The molecule has 2 fully saturated rings. The Morgan fingerprint density at radius 3 is 2.27 bits per heavy atom. The summed E-state index contributed by atoms with van der Waals surface area (Å²) in [6, 6.07) is -0.0229. The van der Waals surface area contributed by atoms with Crippen molar-refractivity contribution < 1.29 is 4.79 Å². The fraction of sp³-hybridized carbons (Fsp3) is 0.917. The zero-order chi connectivity index (χ0) is 10.8. The topological polar surface area (TPSA) is 55.1 Å². The molecule has 3 heteroatoms. The van der Waals surface area contributed by atoms with Gasteiger partial charge in [0, 0.05) is 19.0 Å². The van der Waals surface area contributed by atoms with Crippen LogP contribution in [0.5, 0.6) is 0 Å². The molecule has 2 saturated carbocycles. The Morgan fingerprint density at radius 1 is 1.33 bits per heavy atom. The molecule has 0 radical (unpaired) electrons. The van der Waals surface area contributed by atoms with Gasteiger partial charge in [-0.25, -0.2) is 0 Å². The molecule has 1 unspecified atom stereocenters. The first-order chi connectivity index (χ1) is 7.16. The lowest BCUT2D eigenvalue weighted by Crippen LogP contribution is -2.34. The van der Waals surface area contributed by atoms with Crippen LogP contribution in [0.2, 0.25) is 0 Å². The van der Waals surface area contributed by atoms with Gasteiger partial charge in [-0.05, 0) is 50.4 Å². The van der Waals surface area contributed by atoms with Crippen LogP contribution in [0.25, 0.3) is 0 Å². The quantitative estimate of drug-likeness (QED) is 0.694. The maximum Gasteiger partial charge on any atom is 0.221 e. The third-order valence-electron chi connectivity index (χ3n) is 3.50. The average Bonchev–Trinajstić information content (AvgIpc) is 2.99. The van der Waals surface area contributed by atoms with Crippen LogP contribution in [0.3, 0.4) is 0 Å². The number of rotatable bonds is 6. The second-order valence-electron chi connectivity index (χ2n) is 5.32. The van der Waals surface area contributed by atoms with Gasteiger partial charge < -0.3 is 11.1 Å². The van der Waals surface area contributed by atoms with Gasteiger partial charge in [0.15, 0.2) is 0 Å². The highest BCUT2D eigenvalue weighted by Crippen LogP contribution is 2.48. The van der Waals surface area contributed by atoms with Crippen LogP contribution < -0.4 is 11.1 Å². The van der Waals surface area contributed by atoms with Crippen molar-refractivity contribution in [3.8, 4) is 0 Å². The lowest BCUT2D eigenvalue weighted by molar-refractivity contribution is -0.121. The minimum absolute atomic E-state index is 0.0229. The van der Waals surface area contributed by atoms with Crippen LogP contribution in [0.1, 0.15) is 39.0 Å². The zero-order valence-corrected chi connectivity index (χ0v) is 9.54. The molecule has 15 heavy (non-hydrogen) atoms. The van der Waals surface area contributed by atoms with E-state index in [0.717, 1.165) is 24.3 Å². The largest absolute Gasteiger partial charge is 0.356 e. The molecule has 2 aliphatic carbocycles. The van der Waals surface area contributed by atoms with Gasteiger partial charge in [-0.2, -0.15) is 0 Å². The molecular weight excluding hydrogens is 188 g/mol. The second kappa shape index (κ2) is 4.52. The van der Waals surface area contributed by atoms with Gasteiger partial charge in [0.25, 0.3) is 0 Å². The smallest absolute Gasteiger partial charge is 0.221 e. The van der Waals surface area contributed by atoms with Gasteiger partial charge in [0.05, 0.1) is 0 Å². The molecule has 3 N–H and O–H groups in total. The van der Waals surface area contributed by atoms with Crippen molar-refractivity contribution in [2.45, 2.75) is 45.1 Å². The lowest BCUT2D eigenvalue weighted by Gasteiger charge is -2.16. The zero-order valence-electron chi connectivity index (χ0n) is 9.54. The summed E-state index contributed by atoms with van der Waals surface area (Å²) in [6.07, 6.45) is 5.98. The van der Waals surface area contributed by atoms with Crippen molar-refractivity contribution in [2.75, 3.05) is 6.54 Å². The fourth-order valence-corrected chi connectivity index (χ4v) is 2.36. The summed E-state index contributed by atoms with van der Waals surface area (Å²) in [5.41, 5.74) is 5.58. The van der Waals surface area contributed by atoms with Crippen molar-refractivity contribution in [3.05, 3.63) is 0 Å². The van der Waals surface area contributed by atoms with E-state index < -0.39 is 0 Å². The number of hydrogen-bond donors (Lipinski definition) is 2. The van der Waals surface area contributed by atoms with E-state index >= 15 is 0 Å². The number of hydrogen-bond acceptors (Lipinski definition) is 2. The number of amides is 1. The van der Waals surface area contributed by atoms with E-state index in [0.29, 0.717) is 6.42 Å². The molecule has 0 spiro atoms. The Kier molecular flexibility index (Phi) is 3.29. The Balaban J connectivity index is 1.68. The molecule has 3 nitrogen and oxygen atoms in total. The van der Waals surface area contributed by atoms with Crippen molar-refractivity contribution in [1.29, 1.82) is 0 Å². The Morgan fingerprint density at radius 2 is 1.87 bits per heavy atom. The Labute approximate surface area is 91.8 Å². The van der Waals surface area contributed by atoms with Crippen LogP contribution in [0, 0.1) is 17.8 Å². The fourth-order valence-electron chi connectivity index (χ4n) is 2.36. The average molecular weight is 210 g/mol. The molecule has 1 amide bonds. The number of nitrogens with one attached hydrogen (secondary N) is 1. The predicted molar refractivity (Wildman–Crippen MR) is 60.2 cm³/mol. The van der Waals surface area contributed by atoms with Crippen LogP contribution in [-0.4, -0.2) is 18.5 Å². The summed E-state index contributed by atoms with van der Waals surface area (Å²) in [6.45, 7) is 2.76. The molecular formula is C12H22N2O. The predicted octanol–water partition coefficient (Wildman–Crippen LogP) is 1.28. The minimum atomic E-state index is -0.0229. The van der Waals surface area contributed by atoms with E-state index in [4.69, 9.17) is 5.73 Å². The molecule has 0 bridgehead atoms. The van der Waals surface area contributed by atoms with Crippen LogP contribution in [-0.2, 0) is 4.79 Å². The van der Waals surface area contributed by atoms with Gasteiger partial charge in [0.1, 0.15) is 0 Å². The van der Waals surface area contributed by atoms with E-state index in [1.165, 1.54) is 25.7 Å². The highest BCUT2D eigenvalue weighted by molar-refractivity contribution is 5.76.